The normalized spacial score (nSPS) is 17.6. The number of nitrogens with zero attached hydrogens (tertiary/aromatic N) is 1. The predicted octanol–water partition coefficient (Wildman–Crippen LogP) is 1.58. The van der Waals surface area contributed by atoms with Gasteiger partial charge in [0.05, 0.1) is 11.1 Å². The first kappa shape index (κ1) is 13.6. The molecule has 1 aromatic rings. The summed E-state index contributed by atoms with van der Waals surface area (Å²) in [4.78, 5) is 25.1. The summed E-state index contributed by atoms with van der Waals surface area (Å²) in [6.07, 6.45) is 0. The van der Waals surface area contributed by atoms with Gasteiger partial charge < -0.3 is 5.11 Å². The van der Waals surface area contributed by atoms with Gasteiger partial charge in [-0.05, 0) is 25.0 Å². The van der Waals surface area contributed by atoms with Crippen molar-refractivity contribution < 1.29 is 23.5 Å². The first-order valence-corrected chi connectivity index (χ1v) is 5.86. The molecule has 19 heavy (non-hydrogen) atoms. The average Bonchev–Trinajstić information content (AvgIpc) is 2.61. The summed E-state index contributed by atoms with van der Waals surface area (Å²) in [5, 5.41) is 9.07. The minimum atomic E-state index is -1.16. The van der Waals surface area contributed by atoms with Crippen molar-refractivity contribution in [1.29, 1.82) is 0 Å². The van der Waals surface area contributed by atoms with Crippen molar-refractivity contribution in [3.8, 4) is 0 Å². The zero-order chi connectivity index (χ0) is 14.3. The second-order valence-electron chi connectivity index (χ2n) is 4.69. The molecule has 0 radical (unpaired) electrons. The molecule has 2 amide bonds. The Balaban J connectivity index is 2.45. The Bertz CT molecular complexity index is 518. The third-order valence-corrected chi connectivity index (χ3v) is 3.48. The van der Waals surface area contributed by atoms with Gasteiger partial charge in [-0.15, -0.1) is 0 Å². The lowest BCUT2D eigenvalue weighted by Crippen LogP contribution is -2.42. The lowest BCUT2D eigenvalue weighted by atomic mass is 10.0. The number of fused-ring (bicyclic) bond motifs is 1. The van der Waals surface area contributed by atoms with E-state index in [2.05, 4.69) is 0 Å². The molecule has 102 valence electrons. The van der Waals surface area contributed by atoms with Crippen LogP contribution in [0.15, 0.2) is 12.1 Å². The Morgan fingerprint density at radius 3 is 1.89 bits per heavy atom. The number of imide groups is 1. The fraction of sp³-hybridized carbons (Fsp3) is 0.385. The van der Waals surface area contributed by atoms with Gasteiger partial charge in [-0.3, -0.25) is 14.5 Å². The Morgan fingerprint density at radius 2 is 1.53 bits per heavy atom. The monoisotopic (exact) mass is 269 g/mol. The van der Waals surface area contributed by atoms with Crippen molar-refractivity contribution in [3.05, 3.63) is 34.9 Å². The summed E-state index contributed by atoms with van der Waals surface area (Å²) in [5.41, 5.74) is -0.276. The number of benzene rings is 1. The van der Waals surface area contributed by atoms with Gasteiger partial charge in [0, 0.05) is 12.6 Å². The van der Waals surface area contributed by atoms with Crippen molar-refractivity contribution >= 4 is 11.8 Å². The quantitative estimate of drug-likeness (QED) is 0.847. The smallest absolute Gasteiger partial charge is 0.261 e. The number of carbonyl (C=O) groups excluding carboxylic acids is 2. The Kier molecular flexibility index (Phi) is 3.36. The summed E-state index contributed by atoms with van der Waals surface area (Å²) in [5.74, 6) is -3.97. The maximum absolute atomic E-state index is 13.1. The molecule has 0 bridgehead atoms. The van der Waals surface area contributed by atoms with E-state index in [4.69, 9.17) is 5.11 Å². The van der Waals surface area contributed by atoms with Crippen LogP contribution in [0.3, 0.4) is 0 Å². The van der Waals surface area contributed by atoms with E-state index in [9.17, 15) is 18.4 Å². The topological polar surface area (TPSA) is 57.6 Å². The molecular weight excluding hydrogens is 256 g/mol. The second-order valence-corrected chi connectivity index (χ2v) is 4.69. The molecule has 0 fully saturated rings. The van der Waals surface area contributed by atoms with E-state index >= 15 is 0 Å². The van der Waals surface area contributed by atoms with Crippen LogP contribution in [0.1, 0.15) is 34.6 Å². The summed E-state index contributed by atoms with van der Waals surface area (Å²) in [7, 11) is 0. The second kappa shape index (κ2) is 4.70. The highest BCUT2D eigenvalue weighted by molar-refractivity contribution is 6.21. The highest BCUT2D eigenvalue weighted by Gasteiger charge is 2.40. The number of amides is 2. The highest BCUT2D eigenvalue weighted by atomic mass is 19.2. The molecule has 1 N–H and O–H groups in total. The number of hydrogen-bond donors (Lipinski definition) is 1. The standard InChI is InChI=1S/C13H13F2NO3/c1-6(5-17)7(2)16-12(18)8-3-10(14)11(15)4-9(8)13(16)19/h3-4,6-7,17H,5H2,1-2H3. The molecule has 2 unspecified atom stereocenters. The molecule has 1 aliphatic rings. The van der Waals surface area contributed by atoms with Crippen LogP contribution in [-0.2, 0) is 0 Å². The summed E-state index contributed by atoms with van der Waals surface area (Å²) < 4.78 is 26.3. The largest absolute Gasteiger partial charge is 0.396 e. The van der Waals surface area contributed by atoms with Crippen LogP contribution in [0.25, 0.3) is 0 Å². The lowest BCUT2D eigenvalue weighted by molar-refractivity contribution is 0.0515. The number of carbonyl (C=O) groups is 2. The lowest BCUT2D eigenvalue weighted by Gasteiger charge is -2.26. The zero-order valence-corrected chi connectivity index (χ0v) is 10.5. The van der Waals surface area contributed by atoms with Crippen molar-refractivity contribution in [1.82, 2.24) is 4.90 Å². The van der Waals surface area contributed by atoms with Gasteiger partial charge in [-0.1, -0.05) is 6.92 Å². The fourth-order valence-corrected chi connectivity index (χ4v) is 2.03. The van der Waals surface area contributed by atoms with Crippen molar-refractivity contribution in [3.63, 3.8) is 0 Å². The summed E-state index contributed by atoms with van der Waals surface area (Å²) >= 11 is 0. The maximum atomic E-state index is 13.1. The first-order valence-electron chi connectivity index (χ1n) is 5.86. The summed E-state index contributed by atoms with van der Waals surface area (Å²) in [6, 6.07) is 0.922. The third kappa shape index (κ3) is 2.02. The minimum absolute atomic E-state index is 0.138. The highest BCUT2D eigenvalue weighted by Crippen LogP contribution is 2.28. The van der Waals surface area contributed by atoms with Crippen LogP contribution in [0, 0.1) is 17.6 Å². The van der Waals surface area contributed by atoms with E-state index in [0.717, 1.165) is 17.0 Å². The van der Waals surface area contributed by atoms with Gasteiger partial charge in [-0.2, -0.15) is 0 Å². The SMILES string of the molecule is CC(CO)C(C)N1C(=O)c2cc(F)c(F)cc2C1=O. The molecule has 0 saturated carbocycles. The van der Waals surface area contributed by atoms with Gasteiger partial charge in [0.2, 0.25) is 0 Å². The van der Waals surface area contributed by atoms with Gasteiger partial charge in [0.1, 0.15) is 0 Å². The van der Waals surface area contributed by atoms with Crippen LogP contribution in [0.4, 0.5) is 8.78 Å². The Hall–Kier alpha value is -1.82. The Morgan fingerprint density at radius 1 is 1.11 bits per heavy atom. The molecule has 1 aliphatic heterocycles. The van der Waals surface area contributed by atoms with E-state index < -0.39 is 29.5 Å². The van der Waals surface area contributed by atoms with Gasteiger partial charge >= 0.3 is 0 Å². The van der Waals surface area contributed by atoms with E-state index in [1.165, 1.54) is 0 Å². The van der Waals surface area contributed by atoms with E-state index in [0.29, 0.717) is 0 Å². The van der Waals surface area contributed by atoms with Crippen molar-refractivity contribution in [2.24, 2.45) is 5.92 Å². The minimum Gasteiger partial charge on any atom is -0.396 e. The average molecular weight is 269 g/mol. The van der Waals surface area contributed by atoms with Crippen LogP contribution in [-0.4, -0.2) is 34.5 Å². The molecule has 1 aromatic carbocycles. The molecular formula is C13H13F2NO3. The molecule has 1 heterocycles. The zero-order valence-electron chi connectivity index (χ0n) is 10.5. The molecule has 0 saturated heterocycles. The van der Waals surface area contributed by atoms with Gasteiger partial charge in [-0.25, -0.2) is 8.78 Å². The van der Waals surface area contributed by atoms with Crippen molar-refractivity contribution in [2.75, 3.05) is 6.61 Å². The molecule has 0 spiro atoms. The number of aliphatic hydroxyl groups excluding tert-OH is 1. The number of hydrogen-bond acceptors (Lipinski definition) is 3. The number of halogens is 2. The Labute approximate surface area is 108 Å². The molecule has 4 nitrogen and oxygen atoms in total. The van der Waals surface area contributed by atoms with Crippen LogP contribution in [0.5, 0.6) is 0 Å². The predicted molar refractivity (Wildman–Crippen MR) is 62.6 cm³/mol. The molecule has 6 heteroatoms. The summed E-state index contributed by atoms with van der Waals surface area (Å²) in [6.45, 7) is 3.09. The van der Waals surface area contributed by atoms with Gasteiger partial charge in [0.25, 0.3) is 11.8 Å². The fourth-order valence-electron chi connectivity index (χ4n) is 2.03. The third-order valence-electron chi connectivity index (χ3n) is 3.48. The van der Waals surface area contributed by atoms with Crippen LogP contribution >= 0.6 is 0 Å². The maximum Gasteiger partial charge on any atom is 0.261 e. The van der Waals surface area contributed by atoms with E-state index in [-0.39, 0.29) is 23.7 Å². The van der Waals surface area contributed by atoms with Crippen LogP contribution in [0.2, 0.25) is 0 Å². The number of aliphatic hydroxyl groups is 1. The molecule has 2 atom stereocenters. The van der Waals surface area contributed by atoms with Crippen LogP contribution < -0.4 is 0 Å². The number of rotatable bonds is 3. The molecule has 0 aliphatic carbocycles. The van der Waals surface area contributed by atoms with Gasteiger partial charge in [0.15, 0.2) is 11.6 Å². The van der Waals surface area contributed by atoms with Crippen molar-refractivity contribution in [2.45, 2.75) is 19.9 Å². The first-order chi connectivity index (χ1) is 8.88. The molecule has 0 aromatic heterocycles. The van der Waals surface area contributed by atoms with E-state index in [1.54, 1.807) is 13.8 Å². The molecule has 2 rings (SSSR count). The van der Waals surface area contributed by atoms with E-state index in [1.807, 2.05) is 0 Å².